The van der Waals surface area contributed by atoms with Crippen molar-refractivity contribution in [3.05, 3.63) is 64.2 Å². The number of rotatable bonds is 6. The zero-order chi connectivity index (χ0) is 17.1. The van der Waals surface area contributed by atoms with Gasteiger partial charge >= 0.3 is 0 Å². The van der Waals surface area contributed by atoms with E-state index in [1.54, 1.807) is 0 Å². The third kappa shape index (κ3) is 3.19. The topological polar surface area (TPSA) is 73.0 Å². The van der Waals surface area contributed by atoms with Gasteiger partial charge in [0.25, 0.3) is 5.69 Å². The second-order valence-electron chi connectivity index (χ2n) is 5.50. The second kappa shape index (κ2) is 6.66. The van der Waals surface area contributed by atoms with E-state index in [1.807, 2.05) is 31.2 Å². The highest BCUT2D eigenvalue weighted by Crippen LogP contribution is 2.25. The smallest absolute Gasteiger partial charge is 0.295 e. The Morgan fingerprint density at radius 2 is 2.08 bits per heavy atom. The van der Waals surface area contributed by atoms with Crippen LogP contribution in [0.15, 0.2) is 42.5 Å². The van der Waals surface area contributed by atoms with Crippen LogP contribution >= 0.6 is 0 Å². The maximum atomic E-state index is 13.1. The largest absolute Gasteiger partial charge is 0.379 e. The van der Waals surface area contributed by atoms with Crippen LogP contribution in [0.25, 0.3) is 11.0 Å². The van der Waals surface area contributed by atoms with Crippen molar-refractivity contribution >= 4 is 22.4 Å². The highest BCUT2D eigenvalue weighted by Gasteiger charge is 2.14. The molecule has 3 rings (SSSR count). The van der Waals surface area contributed by atoms with Gasteiger partial charge in [0.15, 0.2) is 0 Å². The minimum atomic E-state index is -0.618. The molecule has 0 amide bonds. The number of nitrogens with one attached hydrogen (secondary N) is 1. The minimum absolute atomic E-state index is 0.251. The van der Waals surface area contributed by atoms with Crippen molar-refractivity contribution in [1.29, 1.82) is 0 Å². The van der Waals surface area contributed by atoms with Crippen LogP contribution in [0.5, 0.6) is 0 Å². The molecular weight excluding hydrogens is 311 g/mol. The fourth-order valence-electron chi connectivity index (χ4n) is 2.74. The van der Waals surface area contributed by atoms with E-state index in [0.717, 1.165) is 35.9 Å². The van der Waals surface area contributed by atoms with E-state index in [9.17, 15) is 14.5 Å². The lowest BCUT2D eigenvalue weighted by molar-refractivity contribution is -0.384. The van der Waals surface area contributed by atoms with E-state index in [-0.39, 0.29) is 5.69 Å². The maximum absolute atomic E-state index is 13.1. The predicted octanol–water partition coefficient (Wildman–Crippen LogP) is 3.89. The summed E-state index contributed by atoms with van der Waals surface area (Å²) < 4.78 is 15.3. The van der Waals surface area contributed by atoms with Crippen LogP contribution in [-0.4, -0.2) is 21.0 Å². The van der Waals surface area contributed by atoms with E-state index in [4.69, 9.17) is 0 Å². The Morgan fingerprint density at radius 3 is 2.88 bits per heavy atom. The number of nitro benzene ring substituents is 1. The van der Waals surface area contributed by atoms with Gasteiger partial charge in [-0.3, -0.25) is 10.1 Å². The number of hydrogen-bond acceptors (Lipinski definition) is 4. The lowest BCUT2D eigenvalue weighted by Crippen LogP contribution is -2.09. The summed E-state index contributed by atoms with van der Waals surface area (Å²) in [5.74, 6) is 0.316. The molecule has 24 heavy (non-hydrogen) atoms. The number of imidazole rings is 1. The quantitative estimate of drug-likeness (QED) is 0.423. The molecule has 0 atom stereocenters. The van der Waals surface area contributed by atoms with Gasteiger partial charge in [-0.25, -0.2) is 9.37 Å². The van der Waals surface area contributed by atoms with Gasteiger partial charge in [0, 0.05) is 13.1 Å². The lowest BCUT2D eigenvalue weighted by atomic mass is 10.2. The van der Waals surface area contributed by atoms with Crippen molar-refractivity contribution in [3.63, 3.8) is 0 Å². The highest BCUT2D eigenvalue weighted by molar-refractivity contribution is 5.75. The molecule has 0 saturated carbocycles. The van der Waals surface area contributed by atoms with Gasteiger partial charge in [-0.15, -0.1) is 0 Å². The molecule has 0 fully saturated rings. The number of anilines is 1. The van der Waals surface area contributed by atoms with Crippen molar-refractivity contribution in [2.75, 3.05) is 11.9 Å². The SMILES string of the molecule is Cc1nc2ccccc2n1CCCNc1ccc(F)cc1[N+](=O)[O-]. The van der Waals surface area contributed by atoms with Crippen LogP contribution in [-0.2, 0) is 6.54 Å². The summed E-state index contributed by atoms with van der Waals surface area (Å²) >= 11 is 0. The van der Waals surface area contributed by atoms with E-state index in [2.05, 4.69) is 14.9 Å². The zero-order valence-electron chi connectivity index (χ0n) is 13.2. The normalized spacial score (nSPS) is 10.9. The molecule has 2 aromatic carbocycles. The Balaban J connectivity index is 1.65. The number of aromatic nitrogens is 2. The van der Waals surface area contributed by atoms with Crippen LogP contribution in [0.4, 0.5) is 15.8 Å². The molecule has 0 radical (unpaired) electrons. The number of nitro groups is 1. The standard InChI is InChI=1S/C17H17FN4O2/c1-12-20-15-5-2-3-6-16(15)21(12)10-4-9-19-14-8-7-13(18)11-17(14)22(23)24/h2-3,5-8,11,19H,4,9-10H2,1H3. The third-order valence-electron chi connectivity index (χ3n) is 3.88. The monoisotopic (exact) mass is 328 g/mol. The molecule has 6 nitrogen and oxygen atoms in total. The van der Waals surface area contributed by atoms with E-state index in [0.29, 0.717) is 12.2 Å². The number of aryl methyl sites for hydroxylation is 2. The molecule has 0 aliphatic heterocycles. The predicted molar refractivity (Wildman–Crippen MR) is 90.6 cm³/mol. The molecule has 0 bridgehead atoms. The van der Waals surface area contributed by atoms with Gasteiger partial charge < -0.3 is 9.88 Å². The molecule has 3 aromatic rings. The number of halogens is 1. The molecule has 1 aromatic heterocycles. The van der Waals surface area contributed by atoms with Crippen molar-refractivity contribution in [1.82, 2.24) is 9.55 Å². The summed E-state index contributed by atoms with van der Waals surface area (Å²) in [4.78, 5) is 14.9. The number of para-hydroxylation sites is 2. The molecule has 0 spiro atoms. The first-order valence-electron chi connectivity index (χ1n) is 7.66. The van der Waals surface area contributed by atoms with Crippen LogP contribution in [0.2, 0.25) is 0 Å². The first-order valence-corrected chi connectivity index (χ1v) is 7.66. The molecule has 7 heteroatoms. The van der Waals surface area contributed by atoms with E-state index < -0.39 is 10.7 Å². The van der Waals surface area contributed by atoms with Crippen molar-refractivity contribution < 1.29 is 9.31 Å². The summed E-state index contributed by atoms with van der Waals surface area (Å²) in [6, 6.07) is 11.4. The molecule has 124 valence electrons. The number of hydrogen-bond donors (Lipinski definition) is 1. The number of nitrogens with zero attached hydrogens (tertiary/aromatic N) is 3. The first-order chi connectivity index (χ1) is 11.6. The minimum Gasteiger partial charge on any atom is -0.379 e. The molecule has 0 aliphatic carbocycles. The number of benzene rings is 2. The average molecular weight is 328 g/mol. The fraction of sp³-hybridized carbons (Fsp3) is 0.235. The Kier molecular flexibility index (Phi) is 4.41. The summed E-state index contributed by atoms with van der Waals surface area (Å²) in [7, 11) is 0. The fourth-order valence-corrected chi connectivity index (χ4v) is 2.74. The van der Waals surface area contributed by atoms with Gasteiger partial charge in [-0.1, -0.05) is 12.1 Å². The Hall–Kier alpha value is -2.96. The molecular formula is C17H17FN4O2. The Labute approximate surface area is 138 Å². The summed E-state index contributed by atoms with van der Waals surface area (Å²) in [6.07, 6.45) is 0.760. The second-order valence-corrected chi connectivity index (χ2v) is 5.50. The van der Waals surface area contributed by atoms with Crippen LogP contribution in [0.3, 0.4) is 0 Å². The van der Waals surface area contributed by atoms with Crippen LogP contribution in [0.1, 0.15) is 12.2 Å². The maximum Gasteiger partial charge on any atom is 0.295 e. The van der Waals surface area contributed by atoms with Gasteiger partial charge in [-0.2, -0.15) is 0 Å². The molecule has 0 unspecified atom stereocenters. The van der Waals surface area contributed by atoms with Gasteiger partial charge in [0.05, 0.1) is 22.0 Å². The zero-order valence-corrected chi connectivity index (χ0v) is 13.2. The molecule has 0 saturated heterocycles. The van der Waals surface area contributed by atoms with Crippen molar-refractivity contribution in [2.24, 2.45) is 0 Å². The first kappa shape index (κ1) is 15.9. The van der Waals surface area contributed by atoms with E-state index in [1.165, 1.54) is 12.1 Å². The van der Waals surface area contributed by atoms with Crippen LogP contribution < -0.4 is 5.32 Å². The van der Waals surface area contributed by atoms with Crippen molar-refractivity contribution in [3.8, 4) is 0 Å². The van der Waals surface area contributed by atoms with Gasteiger partial charge in [-0.05, 0) is 37.6 Å². The van der Waals surface area contributed by atoms with E-state index >= 15 is 0 Å². The molecule has 1 N–H and O–H groups in total. The average Bonchev–Trinajstić information content (AvgIpc) is 2.88. The highest BCUT2D eigenvalue weighted by atomic mass is 19.1. The van der Waals surface area contributed by atoms with Gasteiger partial charge in [0.1, 0.15) is 17.3 Å². The molecule has 0 aliphatic rings. The summed E-state index contributed by atoms with van der Waals surface area (Å²) in [5, 5.41) is 14.0. The van der Waals surface area contributed by atoms with Crippen LogP contribution in [0, 0.1) is 22.9 Å². The Morgan fingerprint density at radius 1 is 1.29 bits per heavy atom. The third-order valence-corrected chi connectivity index (χ3v) is 3.88. The van der Waals surface area contributed by atoms with Crippen molar-refractivity contribution in [2.45, 2.75) is 19.9 Å². The van der Waals surface area contributed by atoms with Gasteiger partial charge in [0.2, 0.25) is 0 Å². The lowest BCUT2D eigenvalue weighted by Gasteiger charge is -2.09. The number of fused-ring (bicyclic) bond motifs is 1. The summed E-state index contributed by atoms with van der Waals surface area (Å²) in [5.41, 5.74) is 2.10. The Bertz CT molecular complexity index is 891. The molecule has 1 heterocycles. The summed E-state index contributed by atoms with van der Waals surface area (Å²) in [6.45, 7) is 3.24.